The van der Waals surface area contributed by atoms with Crippen molar-refractivity contribution in [3.05, 3.63) is 41.3 Å². The van der Waals surface area contributed by atoms with Crippen molar-refractivity contribution in [1.29, 1.82) is 0 Å². The number of hydrogen-bond acceptors (Lipinski definition) is 5. The summed E-state index contributed by atoms with van der Waals surface area (Å²) in [4.78, 5) is 8.11. The average molecular weight is 290 g/mol. The molecule has 0 unspecified atom stereocenters. The zero-order valence-corrected chi connectivity index (χ0v) is 11.7. The molecule has 0 aliphatic rings. The Balaban J connectivity index is 2.03. The molecule has 0 aliphatic carbocycles. The van der Waals surface area contributed by atoms with E-state index in [1.54, 1.807) is 17.7 Å². The third kappa shape index (κ3) is 2.25. The third-order valence-electron chi connectivity index (χ3n) is 2.92. The zero-order valence-electron chi connectivity index (χ0n) is 11.0. The highest BCUT2D eigenvalue weighted by molar-refractivity contribution is 6.29. The standard InChI is InChI=1S/C13H12ClN5O/c1-8-5-9(20-2)3-4-10(8)17-12-6-11(14)18-13-15-7-16-19(12)13/h3-7,17H,1-2H3. The van der Waals surface area contributed by atoms with Gasteiger partial charge >= 0.3 is 0 Å². The van der Waals surface area contributed by atoms with Crippen molar-refractivity contribution in [3.63, 3.8) is 0 Å². The fraction of sp³-hybridized carbons (Fsp3) is 0.154. The van der Waals surface area contributed by atoms with E-state index < -0.39 is 0 Å². The summed E-state index contributed by atoms with van der Waals surface area (Å²) in [5.74, 6) is 1.96. The van der Waals surface area contributed by atoms with Crippen LogP contribution in [0.1, 0.15) is 5.56 Å². The maximum absolute atomic E-state index is 5.98. The Morgan fingerprint density at radius 2 is 2.15 bits per heavy atom. The molecule has 102 valence electrons. The molecule has 3 aromatic rings. The molecule has 0 saturated heterocycles. The van der Waals surface area contributed by atoms with E-state index in [1.807, 2.05) is 25.1 Å². The van der Waals surface area contributed by atoms with Crippen LogP contribution in [-0.2, 0) is 0 Å². The second-order valence-corrected chi connectivity index (χ2v) is 4.63. The number of hydrogen-bond donors (Lipinski definition) is 1. The van der Waals surface area contributed by atoms with Gasteiger partial charge in [-0.1, -0.05) is 11.6 Å². The molecule has 0 bridgehead atoms. The molecule has 1 N–H and O–H groups in total. The number of halogens is 1. The van der Waals surface area contributed by atoms with Gasteiger partial charge in [0.2, 0.25) is 0 Å². The van der Waals surface area contributed by atoms with Crippen LogP contribution in [0.3, 0.4) is 0 Å². The van der Waals surface area contributed by atoms with Crippen LogP contribution in [0.2, 0.25) is 5.15 Å². The number of rotatable bonds is 3. The summed E-state index contributed by atoms with van der Waals surface area (Å²) >= 11 is 5.98. The molecule has 0 fully saturated rings. The molecule has 2 heterocycles. The van der Waals surface area contributed by atoms with E-state index in [9.17, 15) is 0 Å². The smallest absolute Gasteiger partial charge is 0.255 e. The number of aryl methyl sites for hydroxylation is 1. The minimum Gasteiger partial charge on any atom is -0.497 e. The van der Waals surface area contributed by atoms with Gasteiger partial charge < -0.3 is 10.1 Å². The van der Waals surface area contributed by atoms with Gasteiger partial charge in [-0.2, -0.15) is 19.6 Å². The SMILES string of the molecule is COc1ccc(Nc2cc(Cl)nc3ncnn23)c(C)c1. The van der Waals surface area contributed by atoms with Crippen molar-refractivity contribution < 1.29 is 4.74 Å². The van der Waals surface area contributed by atoms with Gasteiger partial charge in [-0.3, -0.25) is 0 Å². The lowest BCUT2D eigenvalue weighted by Crippen LogP contribution is -2.02. The molecule has 1 aromatic carbocycles. The summed E-state index contributed by atoms with van der Waals surface area (Å²) in [6.07, 6.45) is 1.44. The third-order valence-corrected chi connectivity index (χ3v) is 3.11. The fourth-order valence-corrected chi connectivity index (χ4v) is 2.09. The Morgan fingerprint density at radius 3 is 2.90 bits per heavy atom. The molecule has 7 heteroatoms. The van der Waals surface area contributed by atoms with Crippen molar-refractivity contribution in [1.82, 2.24) is 19.6 Å². The largest absolute Gasteiger partial charge is 0.497 e. The summed E-state index contributed by atoms with van der Waals surface area (Å²) in [5.41, 5.74) is 1.98. The van der Waals surface area contributed by atoms with Gasteiger partial charge in [0.1, 0.15) is 23.0 Å². The summed E-state index contributed by atoms with van der Waals surface area (Å²) in [6.45, 7) is 1.99. The van der Waals surface area contributed by atoms with Crippen LogP contribution in [0.4, 0.5) is 11.5 Å². The normalized spacial score (nSPS) is 10.8. The van der Waals surface area contributed by atoms with Crippen LogP contribution < -0.4 is 10.1 Å². The van der Waals surface area contributed by atoms with Gasteiger partial charge in [0.05, 0.1) is 7.11 Å². The molecule has 0 radical (unpaired) electrons. The Kier molecular flexibility index (Phi) is 3.15. The molecular formula is C13H12ClN5O. The van der Waals surface area contributed by atoms with Gasteiger partial charge in [-0.25, -0.2) is 0 Å². The first-order valence-electron chi connectivity index (χ1n) is 5.95. The van der Waals surface area contributed by atoms with E-state index in [2.05, 4.69) is 20.4 Å². The van der Waals surface area contributed by atoms with E-state index in [1.165, 1.54) is 6.33 Å². The lowest BCUT2D eigenvalue weighted by molar-refractivity contribution is 0.414. The lowest BCUT2D eigenvalue weighted by Gasteiger charge is -2.11. The number of fused-ring (bicyclic) bond motifs is 1. The average Bonchev–Trinajstić information content (AvgIpc) is 2.89. The predicted octanol–water partition coefficient (Wildman–Crippen LogP) is 2.84. The van der Waals surface area contributed by atoms with Crippen LogP contribution in [0.15, 0.2) is 30.6 Å². The lowest BCUT2D eigenvalue weighted by atomic mass is 10.2. The van der Waals surface area contributed by atoms with Crippen molar-refractivity contribution in [2.75, 3.05) is 12.4 Å². The quantitative estimate of drug-likeness (QED) is 0.751. The second kappa shape index (κ2) is 4.97. The van der Waals surface area contributed by atoms with Gasteiger partial charge in [-0.15, -0.1) is 0 Å². The van der Waals surface area contributed by atoms with Gasteiger partial charge in [0.15, 0.2) is 0 Å². The number of aromatic nitrogens is 4. The molecule has 0 saturated carbocycles. The highest BCUT2D eigenvalue weighted by Crippen LogP contribution is 2.25. The van der Waals surface area contributed by atoms with Crippen LogP contribution in [-0.4, -0.2) is 26.7 Å². The molecule has 6 nitrogen and oxygen atoms in total. The van der Waals surface area contributed by atoms with Gasteiger partial charge in [-0.05, 0) is 30.7 Å². The van der Waals surface area contributed by atoms with E-state index in [0.717, 1.165) is 17.0 Å². The van der Waals surface area contributed by atoms with Crippen LogP contribution in [0, 0.1) is 6.92 Å². The fourth-order valence-electron chi connectivity index (χ4n) is 1.91. The molecule has 0 spiro atoms. The Hall–Kier alpha value is -2.34. The van der Waals surface area contributed by atoms with E-state index in [4.69, 9.17) is 16.3 Å². The topological polar surface area (TPSA) is 64.3 Å². The number of nitrogens with zero attached hydrogens (tertiary/aromatic N) is 4. The summed E-state index contributed by atoms with van der Waals surface area (Å²) in [7, 11) is 1.64. The van der Waals surface area contributed by atoms with Crippen molar-refractivity contribution >= 4 is 28.9 Å². The van der Waals surface area contributed by atoms with Gasteiger partial charge in [0, 0.05) is 11.8 Å². The molecule has 0 atom stereocenters. The zero-order chi connectivity index (χ0) is 14.1. The molecule has 20 heavy (non-hydrogen) atoms. The van der Waals surface area contributed by atoms with Crippen LogP contribution in [0.25, 0.3) is 5.78 Å². The first kappa shape index (κ1) is 12.7. The first-order valence-corrected chi connectivity index (χ1v) is 6.33. The van der Waals surface area contributed by atoms with E-state index in [-0.39, 0.29) is 0 Å². The summed E-state index contributed by atoms with van der Waals surface area (Å²) < 4.78 is 6.78. The number of methoxy groups -OCH3 is 1. The highest BCUT2D eigenvalue weighted by atomic mass is 35.5. The predicted molar refractivity (Wildman–Crippen MR) is 76.8 cm³/mol. The Bertz CT molecular complexity index is 771. The molecule has 3 rings (SSSR count). The number of nitrogens with one attached hydrogen (secondary N) is 1. The molecular weight excluding hydrogens is 278 g/mol. The Labute approximate surface area is 120 Å². The summed E-state index contributed by atoms with van der Waals surface area (Å²) in [6, 6.07) is 7.47. The maximum Gasteiger partial charge on any atom is 0.255 e. The second-order valence-electron chi connectivity index (χ2n) is 4.24. The molecule has 2 aromatic heterocycles. The number of benzene rings is 1. The molecule has 0 aliphatic heterocycles. The minimum absolute atomic E-state index is 0.360. The minimum atomic E-state index is 0.360. The van der Waals surface area contributed by atoms with Gasteiger partial charge in [0.25, 0.3) is 5.78 Å². The van der Waals surface area contributed by atoms with E-state index in [0.29, 0.717) is 16.7 Å². The number of anilines is 2. The van der Waals surface area contributed by atoms with E-state index >= 15 is 0 Å². The van der Waals surface area contributed by atoms with Crippen molar-refractivity contribution in [2.24, 2.45) is 0 Å². The van der Waals surface area contributed by atoms with Crippen molar-refractivity contribution in [3.8, 4) is 5.75 Å². The number of ether oxygens (including phenoxy) is 1. The highest BCUT2D eigenvalue weighted by Gasteiger charge is 2.08. The Morgan fingerprint density at radius 1 is 1.30 bits per heavy atom. The monoisotopic (exact) mass is 289 g/mol. The maximum atomic E-state index is 5.98. The molecule has 0 amide bonds. The van der Waals surface area contributed by atoms with Crippen molar-refractivity contribution in [2.45, 2.75) is 6.92 Å². The summed E-state index contributed by atoms with van der Waals surface area (Å²) in [5, 5.41) is 7.75. The van der Waals surface area contributed by atoms with Crippen LogP contribution in [0.5, 0.6) is 5.75 Å². The first-order chi connectivity index (χ1) is 9.67. The van der Waals surface area contributed by atoms with Crippen LogP contribution >= 0.6 is 11.6 Å².